The van der Waals surface area contributed by atoms with E-state index < -0.39 is 16.1 Å². The van der Waals surface area contributed by atoms with Crippen molar-refractivity contribution >= 4 is 93.0 Å². The SMILES string of the molecule is CC(C)c1ccc2c(N(c3ccc(-c4ccccc4)cc3)c3ccc([Si](C)(C)C)cc3)cc3c4cc(C(C)C)cc(N(c5ccc(-c6ccccc6)cc5)c5ccc([Si](C)(C)C)cc5)c4ccc3c2c1. The normalized spacial score (nSPS) is 12.1. The number of anilines is 6. The molecule has 0 saturated carbocycles. The third-order valence-corrected chi connectivity index (χ3v) is 18.5. The van der Waals surface area contributed by atoms with Gasteiger partial charge >= 0.3 is 0 Å². The molecule has 0 N–H and O–H groups in total. The summed E-state index contributed by atoms with van der Waals surface area (Å²) in [4.78, 5) is 5.01. The molecule has 0 amide bonds. The summed E-state index contributed by atoms with van der Waals surface area (Å²) in [5, 5.41) is 10.4. The molecule has 70 heavy (non-hydrogen) atoms. The molecule has 0 heterocycles. The molecule has 10 aromatic rings. The highest BCUT2D eigenvalue weighted by atomic mass is 28.3. The van der Waals surface area contributed by atoms with Gasteiger partial charge in [-0.1, -0.05) is 223 Å². The molecule has 348 valence electrons. The van der Waals surface area contributed by atoms with Gasteiger partial charge in [-0.2, -0.15) is 0 Å². The minimum absolute atomic E-state index is 0.298. The fraction of sp³-hybridized carbons (Fsp3) is 0.182. The summed E-state index contributed by atoms with van der Waals surface area (Å²) in [7, 11) is -3.09. The van der Waals surface area contributed by atoms with E-state index in [1.807, 2.05) is 0 Å². The van der Waals surface area contributed by atoms with Gasteiger partial charge in [-0.15, -0.1) is 0 Å². The van der Waals surface area contributed by atoms with Crippen molar-refractivity contribution in [1.82, 2.24) is 0 Å². The molecular weight excluding hydrogens is 877 g/mol. The van der Waals surface area contributed by atoms with Crippen LogP contribution in [0.25, 0.3) is 54.6 Å². The van der Waals surface area contributed by atoms with E-state index in [1.165, 1.54) is 87.4 Å². The number of nitrogens with zero attached hydrogens (tertiary/aromatic N) is 2. The van der Waals surface area contributed by atoms with Crippen LogP contribution in [0.5, 0.6) is 0 Å². The van der Waals surface area contributed by atoms with Gasteiger partial charge in [-0.25, -0.2) is 0 Å². The summed E-state index contributed by atoms with van der Waals surface area (Å²) in [6, 6.07) is 78.1. The molecule has 0 aliphatic heterocycles. The Bertz CT molecular complexity index is 3460. The third kappa shape index (κ3) is 9.15. The third-order valence-electron chi connectivity index (χ3n) is 14.3. The predicted molar refractivity (Wildman–Crippen MR) is 313 cm³/mol. The van der Waals surface area contributed by atoms with E-state index in [9.17, 15) is 0 Å². The van der Waals surface area contributed by atoms with Crippen molar-refractivity contribution in [3.63, 3.8) is 0 Å². The Morgan fingerprint density at radius 2 is 0.614 bits per heavy atom. The smallest absolute Gasteiger partial charge is 0.0775 e. The van der Waals surface area contributed by atoms with E-state index >= 15 is 0 Å². The van der Waals surface area contributed by atoms with Crippen molar-refractivity contribution in [2.24, 2.45) is 0 Å². The highest BCUT2D eigenvalue weighted by Crippen LogP contribution is 2.48. The monoisotopic (exact) mass is 942 g/mol. The zero-order valence-corrected chi connectivity index (χ0v) is 44.7. The van der Waals surface area contributed by atoms with Crippen LogP contribution in [0.3, 0.4) is 0 Å². The van der Waals surface area contributed by atoms with Crippen LogP contribution < -0.4 is 20.2 Å². The fourth-order valence-electron chi connectivity index (χ4n) is 10.1. The van der Waals surface area contributed by atoms with Crippen LogP contribution >= 0.6 is 0 Å². The van der Waals surface area contributed by atoms with E-state index in [1.54, 1.807) is 0 Å². The Kier molecular flexibility index (Phi) is 12.5. The molecule has 0 aliphatic carbocycles. The fourth-order valence-corrected chi connectivity index (χ4v) is 12.4. The Labute approximate surface area is 418 Å². The molecule has 0 radical (unpaired) electrons. The summed E-state index contributed by atoms with van der Waals surface area (Å²) in [5.41, 5.74) is 14.4. The van der Waals surface area contributed by atoms with E-state index in [0.717, 1.165) is 22.7 Å². The lowest BCUT2D eigenvalue weighted by molar-refractivity contribution is 0.868. The summed E-state index contributed by atoms with van der Waals surface area (Å²) in [6.07, 6.45) is 0. The van der Waals surface area contributed by atoms with E-state index in [4.69, 9.17) is 0 Å². The molecule has 0 aliphatic rings. The van der Waals surface area contributed by atoms with Crippen molar-refractivity contribution in [2.45, 2.75) is 78.8 Å². The average molecular weight is 943 g/mol. The van der Waals surface area contributed by atoms with Gasteiger partial charge in [-0.3, -0.25) is 0 Å². The molecule has 4 heteroatoms. The van der Waals surface area contributed by atoms with Gasteiger partial charge in [0.25, 0.3) is 0 Å². The van der Waals surface area contributed by atoms with Gasteiger partial charge in [0.15, 0.2) is 0 Å². The van der Waals surface area contributed by atoms with Crippen molar-refractivity contribution in [1.29, 1.82) is 0 Å². The summed E-state index contributed by atoms with van der Waals surface area (Å²) < 4.78 is 0. The molecular formula is C66H66N2Si2. The maximum atomic E-state index is 2.51. The Hall–Kier alpha value is -6.99. The maximum absolute atomic E-state index is 2.51. The number of hydrogen-bond acceptors (Lipinski definition) is 2. The number of hydrogen-bond donors (Lipinski definition) is 0. The summed E-state index contributed by atoms with van der Waals surface area (Å²) >= 11 is 0. The van der Waals surface area contributed by atoms with Gasteiger partial charge < -0.3 is 9.80 Å². The second-order valence-corrected chi connectivity index (χ2v) is 32.1. The second kappa shape index (κ2) is 18.7. The van der Waals surface area contributed by atoms with Gasteiger partial charge in [0.05, 0.1) is 27.5 Å². The topological polar surface area (TPSA) is 6.48 Å². The van der Waals surface area contributed by atoms with Gasteiger partial charge in [-0.05, 0) is 127 Å². The molecule has 10 aromatic carbocycles. The van der Waals surface area contributed by atoms with Crippen LogP contribution in [-0.2, 0) is 0 Å². The standard InChI is InChI=1S/C66H66N2Si2/c1-45(2)51-25-38-60-62(41-51)59-39-40-61-63(64(59)44-66(60)68(56-32-36-58(37-33-56)70(8,9)10)54-28-23-50(24-29-54)48-19-15-12-16-20-48)42-52(46(3)4)43-65(61)67(55-30-34-57(35-31-55)69(5,6)7)53-26-21-49(22-27-53)47-17-13-11-14-18-47/h11-46H,1-10H3. The van der Waals surface area contributed by atoms with Gasteiger partial charge in [0.1, 0.15) is 0 Å². The molecule has 0 unspecified atom stereocenters. The van der Waals surface area contributed by atoms with Crippen LogP contribution in [0, 0.1) is 0 Å². The molecule has 0 saturated heterocycles. The molecule has 0 bridgehead atoms. The van der Waals surface area contributed by atoms with Crippen molar-refractivity contribution in [2.75, 3.05) is 9.80 Å². The van der Waals surface area contributed by atoms with Crippen LogP contribution in [0.2, 0.25) is 39.3 Å². The first-order valence-electron chi connectivity index (χ1n) is 25.2. The van der Waals surface area contributed by atoms with Crippen molar-refractivity contribution in [3.05, 3.63) is 217 Å². The molecule has 2 nitrogen and oxygen atoms in total. The van der Waals surface area contributed by atoms with Gasteiger partial charge in [0.2, 0.25) is 0 Å². The van der Waals surface area contributed by atoms with E-state index in [2.05, 4.69) is 283 Å². The minimum Gasteiger partial charge on any atom is -0.310 e. The minimum atomic E-state index is -1.55. The predicted octanol–water partition coefficient (Wildman–Crippen LogP) is 18.8. The van der Waals surface area contributed by atoms with Crippen LogP contribution in [0.4, 0.5) is 34.1 Å². The van der Waals surface area contributed by atoms with Crippen molar-refractivity contribution in [3.8, 4) is 22.3 Å². The van der Waals surface area contributed by atoms with Crippen molar-refractivity contribution < 1.29 is 0 Å². The zero-order chi connectivity index (χ0) is 48.9. The molecule has 0 atom stereocenters. The summed E-state index contributed by atoms with van der Waals surface area (Å²) in [5.74, 6) is 0.680. The zero-order valence-electron chi connectivity index (χ0n) is 42.7. The van der Waals surface area contributed by atoms with E-state index in [-0.39, 0.29) is 0 Å². The Morgan fingerprint density at radius 3 is 1.03 bits per heavy atom. The maximum Gasteiger partial charge on any atom is 0.0775 e. The number of rotatable bonds is 12. The second-order valence-electron chi connectivity index (χ2n) is 21.9. The lowest BCUT2D eigenvalue weighted by Crippen LogP contribution is -2.37. The summed E-state index contributed by atoms with van der Waals surface area (Å²) in [6.45, 7) is 23.9. The largest absolute Gasteiger partial charge is 0.310 e. The molecule has 0 fully saturated rings. The number of fused-ring (bicyclic) bond motifs is 5. The van der Waals surface area contributed by atoms with E-state index in [0.29, 0.717) is 11.8 Å². The quantitative estimate of drug-likeness (QED) is 0.0889. The first kappa shape index (κ1) is 46.7. The molecule has 0 aromatic heterocycles. The highest BCUT2D eigenvalue weighted by Gasteiger charge is 2.25. The lowest BCUT2D eigenvalue weighted by atomic mass is 9.89. The molecule has 10 rings (SSSR count). The Balaban J connectivity index is 1.26. The first-order chi connectivity index (χ1) is 33.6. The van der Waals surface area contributed by atoms with Crippen LogP contribution in [0.15, 0.2) is 206 Å². The Morgan fingerprint density at radius 1 is 0.286 bits per heavy atom. The molecule has 0 spiro atoms. The van der Waals surface area contributed by atoms with Gasteiger partial charge in [0, 0.05) is 33.5 Å². The van der Waals surface area contributed by atoms with Crippen LogP contribution in [-0.4, -0.2) is 16.1 Å². The van der Waals surface area contributed by atoms with Crippen LogP contribution in [0.1, 0.15) is 50.7 Å². The average Bonchev–Trinajstić information content (AvgIpc) is 3.37. The first-order valence-corrected chi connectivity index (χ1v) is 32.2. The lowest BCUT2D eigenvalue weighted by Gasteiger charge is -2.30. The number of benzene rings is 10. The highest BCUT2D eigenvalue weighted by molar-refractivity contribution is 6.89.